The van der Waals surface area contributed by atoms with E-state index in [1.54, 1.807) is 0 Å². The zero-order valence-electron chi connectivity index (χ0n) is 37.7. The minimum Gasteiger partial charge on any atom is -0.508 e. The topological polar surface area (TPSA) is 162 Å². The Bertz CT molecular complexity index is 1960. The van der Waals surface area contributed by atoms with Gasteiger partial charge in [-0.05, 0) is 161 Å². The summed E-state index contributed by atoms with van der Waals surface area (Å²) >= 11 is 0. The van der Waals surface area contributed by atoms with E-state index in [4.69, 9.17) is 4.74 Å². The predicted molar refractivity (Wildman–Crippen MR) is 235 cm³/mol. The second-order valence-corrected chi connectivity index (χ2v) is 20.3. The molecule has 2 unspecified atom stereocenters. The monoisotopic (exact) mass is 829 g/mol. The number of phenols is 2. The molecule has 5 rings (SSSR count). The highest BCUT2D eigenvalue weighted by Gasteiger charge is 2.63. The third-order valence-electron chi connectivity index (χ3n) is 15.8. The number of esters is 1. The number of carbonyl (C=O) groups excluding carboxylic acids is 3. The average Bonchev–Trinajstić information content (AvgIpc) is 3.48. The van der Waals surface area contributed by atoms with Crippen molar-refractivity contribution in [2.75, 3.05) is 13.2 Å². The number of allylic oxidation sites excluding steroid dienone is 8. The van der Waals surface area contributed by atoms with Gasteiger partial charge < -0.3 is 30.3 Å². The number of rotatable bonds is 17. The first-order chi connectivity index (χ1) is 28.0. The van der Waals surface area contributed by atoms with E-state index in [0.29, 0.717) is 43.3 Å². The Morgan fingerprint density at radius 1 is 0.967 bits per heavy atom. The van der Waals surface area contributed by atoms with Gasteiger partial charge in [-0.25, -0.2) is 4.79 Å². The number of carbonyl (C=O) groups is 3. The Balaban J connectivity index is 1.23. The summed E-state index contributed by atoms with van der Waals surface area (Å²) in [6.07, 6.45) is 17.5. The molecule has 4 aliphatic carbocycles. The van der Waals surface area contributed by atoms with E-state index >= 15 is 0 Å². The van der Waals surface area contributed by atoms with Crippen molar-refractivity contribution in [2.45, 2.75) is 151 Å². The number of ether oxygens (including phenoxy) is 1. The van der Waals surface area contributed by atoms with E-state index in [-0.39, 0.29) is 63.2 Å². The summed E-state index contributed by atoms with van der Waals surface area (Å²) in [6.45, 7) is 18.6. The Morgan fingerprint density at radius 3 is 2.35 bits per heavy atom. The van der Waals surface area contributed by atoms with Gasteiger partial charge in [-0.2, -0.15) is 0 Å². The molecule has 0 aliphatic heterocycles. The van der Waals surface area contributed by atoms with Crippen LogP contribution in [0, 0.1) is 39.4 Å². The lowest BCUT2D eigenvalue weighted by Crippen LogP contribution is -2.53. The van der Waals surface area contributed by atoms with Crippen molar-refractivity contribution in [1.82, 2.24) is 0 Å². The average molecular weight is 829 g/mol. The Labute approximate surface area is 358 Å². The van der Waals surface area contributed by atoms with E-state index in [1.807, 2.05) is 26.0 Å². The summed E-state index contributed by atoms with van der Waals surface area (Å²) in [6, 6.07) is 3.58. The molecule has 0 saturated heterocycles. The lowest BCUT2D eigenvalue weighted by atomic mass is 9.44. The minimum atomic E-state index is -1.75. The van der Waals surface area contributed by atoms with Gasteiger partial charge in [-0.3, -0.25) is 9.59 Å². The molecule has 8 atom stereocenters. The van der Waals surface area contributed by atoms with Crippen LogP contribution in [0.15, 0.2) is 76.4 Å². The molecule has 0 spiro atoms. The number of hydrogen-bond acceptors (Lipinski definition) is 9. The van der Waals surface area contributed by atoms with Crippen molar-refractivity contribution in [3.05, 3.63) is 82.0 Å². The molecule has 0 bridgehead atoms. The molecule has 60 heavy (non-hydrogen) atoms. The van der Waals surface area contributed by atoms with Crippen LogP contribution in [-0.2, 0) is 14.3 Å². The van der Waals surface area contributed by atoms with E-state index in [2.05, 4.69) is 53.7 Å². The fourth-order valence-corrected chi connectivity index (χ4v) is 11.5. The minimum absolute atomic E-state index is 0.00537. The van der Waals surface area contributed by atoms with Crippen LogP contribution in [0.25, 0.3) is 0 Å². The molecule has 0 aromatic heterocycles. The smallest absolute Gasteiger partial charge is 0.334 e. The second kappa shape index (κ2) is 18.3. The molecule has 2 saturated carbocycles. The first kappa shape index (κ1) is 47.3. The molecule has 9 nitrogen and oxygen atoms in total. The number of fused-ring (bicyclic) bond motifs is 5. The molecule has 9 heteroatoms. The van der Waals surface area contributed by atoms with Crippen LogP contribution in [0.2, 0.25) is 0 Å². The van der Waals surface area contributed by atoms with Gasteiger partial charge in [0, 0.05) is 17.4 Å². The quantitative estimate of drug-likeness (QED) is 0.0339. The molecule has 0 amide bonds. The third kappa shape index (κ3) is 9.34. The number of hydrogen-bond donors (Lipinski definition) is 5. The largest absolute Gasteiger partial charge is 0.508 e. The summed E-state index contributed by atoms with van der Waals surface area (Å²) in [5.41, 5.74) is 2.71. The van der Waals surface area contributed by atoms with Gasteiger partial charge in [-0.1, -0.05) is 77.0 Å². The normalized spacial score (nSPS) is 29.9. The van der Waals surface area contributed by atoms with Crippen LogP contribution in [0.1, 0.15) is 150 Å². The first-order valence-corrected chi connectivity index (χ1v) is 22.2. The fraction of sp³-hybridized carbons (Fsp3) is 0.627. The number of aliphatic hydroxyl groups excluding tert-OH is 2. The third-order valence-corrected chi connectivity index (χ3v) is 15.8. The van der Waals surface area contributed by atoms with Crippen molar-refractivity contribution in [2.24, 2.45) is 39.4 Å². The van der Waals surface area contributed by atoms with Gasteiger partial charge in [0.1, 0.15) is 29.5 Å². The van der Waals surface area contributed by atoms with Crippen molar-refractivity contribution >= 4 is 17.5 Å². The van der Waals surface area contributed by atoms with Crippen molar-refractivity contribution in [3.63, 3.8) is 0 Å². The van der Waals surface area contributed by atoms with Gasteiger partial charge in [0.25, 0.3) is 0 Å². The highest BCUT2D eigenvalue weighted by atomic mass is 16.5. The van der Waals surface area contributed by atoms with Gasteiger partial charge in [-0.15, -0.1) is 0 Å². The van der Waals surface area contributed by atoms with Crippen molar-refractivity contribution in [3.8, 4) is 11.5 Å². The van der Waals surface area contributed by atoms with E-state index in [0.717, 1.165) is 68.2 Å². The van der Waals surface area contributed by atoms with Crippen LogP contribution < -0.4 is 0 Å². The van der Waals surface area contributed by atoms with Gasteiger partial charge >= 0.3 is 5.97 Å². The number of benzene rings is 1. The van der Waals surface area contributed by atoms with Gasteiger partial charge in [0.15, 0.2) is 5.78 Å². The Hall–Kier alpha value is -3.79. The maximum absolute atomic E-state index is 13.5. The number of ketones is 2. The van der Waals surface area contributed by atoms with Crippen LogP contribution >= 0.6 is 0 Å². The summed E-state index contributed by atoms with van der Waals surface area (Å²) < 4.78 is 5.60. The molecular weight excluding hydrogens is 757 g/mol. The van der Waals surface area contributed by atoms with Crippen LogP contribution in [-0.4, -0.2) is 68.0 Å². The van der Waals surface area contributed by atoms with Gasteiger partial charge in [0.05, 0.1) is 18.3 Å². The van der Waals surface area contributed by atoms with Crippen LogP contribution in [0.3, 0.4) is 0 Å². The molecule has 330 valence electrons. The van der Waals surface area contributed by atoms with Crippen molar-refractivity contribution < 1.29 is 44.7 Å². The summed E-state index contributed by atoms with van der Waals surface area (Å²) in [4.78, 5) is 39.8. The Morgan fingerprint density at radius 2 is 1.65 bits per heavy atom. The Kier molecular flexibility index (Phi) is 14.4. The SMILES string of the molecule is C/C(=C\CC/C(C)=C/CC/C(=C/C(=O)c1cc(O)ccc1O)C(=O)OCC(C)(O)[C@@H](O)CC[C@@H](C)[C@H]1CC[C@@]2(C)C3=CCC4C(C)(C)C(=O)CC[C@]4(C)C3=CC[C@]12C)CO. The molecule has 1 aromatic carbocycles. The number of Topliss-reactive ketones (excluding diaryl/α,β-unsaturated/α-hetero) is 1. The maximum Gasteiger partial charge on any atom is 0.334 e. The molecule has 0 heterocycles. The number of aromatic hydroxyl groups is 2. The predicted octanol–water partition coefficient (Wildman–Crippen LogP) is 9.82. The lowest BCUT2D eigenvalue weighted by molar-refractivity contribution is -0.155. The standard InChI is InChI=1S/C51H72O9/c1-32(12-10-14-33(2)30-52)13-11-15-35(28-42(55)37-29-36(53)17-19-41(37)54)46(58)60-31-51(9,59)45(57)21-16-34(3)38-22-26-50(8)40-18-20-43-47(4,5)44(56)24-25-48(43,6)39(40)23-27-49(38,50)7/h13-14,17-19,23,28-29,34,38,43,45,52-54,57,59H,10-12,15-16,20-22,24-27,30-31H2,1-9H3/b32-13+,33-14+,35-28-/t34-,38-,43?,45+,48-,49-,50+,51?/m1/s1. The summed E-state index contributed by atoms with van der Waals surface area (Å²) in [7, 11) is 0. The summed E-state index contributed by atoms with van der Waals surface area (Å²) in [5.74, 6) is -0.707. The highest BCUT2D eigenvalue weighted by molar-refractivity contribution is 6.10. The van der Waals surface area contributed by atoms with E-state index in [1.165, 1.54) is 30.2 Å². The molecule has 1 aromatic rings. The number of aliphatic hydroxyl groups is 3. The van der Waals surface area contributed by atoms with E-state index < -0.39 is 30.1 Å². The maximum atomic E-state index is 13.5. The first-order valence-electron chi connectivity index (χ1n) is 22.2. The highest BCUT2D eigenvalue weighted by Crippen LogP contribution is 2.71. The molecular formula is C51H72O9. The molecule has 4 aliphatic rings. The second-order valence-electron chi connectivity index (χ2n) is 20.3. The number of phenolic OH excluding ortho intramolecular Hbond substituents is 2. The van der Waals surface area contributed by atoms with Crippen LogP contribution in [0.5, 0.6) is 11.5 Å². The molecule has 5 N–H and O–H groups in total. The molecule has 0 radical (unpaired) electrons. The van der Waals surface area contributed by atoms with Crippen molar-refractivity contribution in [1.29, 1.82) is 0 Å². The fourth-order valence-electron chi connectivity index (χ4n) is 11.5. The van der Waals surface area contributed by atoms with E-state index in [9.17, 15) is 39.9 Å². The van der Waals surface area contributed by atoms with Crippen LogP contribution in [0.4, 0.5) is 0 Å². The zero-order chi connectivity index (χ0) is 44.4. The van der Waals surface area contributed by atoms with Gasteiger partial charge in [0.2, 0.25) is 0 Å². The lowest BCUT2D eigenvalue weighted by Gasteiger charge is -2.59. The zero-order valence-corrected chi connectivity index (χ0v) is 37.7. The molecule has 2 fully saturated rings. The summed E-state index contributed by atoms with van der Waals surface area (Å²) in [5, 5.41) is 52.3.